The molecule has 2 heteroatoms. The van der Waals surface area contributed by atoms with Crippen molar-refractivity contribution in [2.75, 3.05) is 6.54 Å². The average Bonchev–Trinajstić information content (AvgIpc) is 2.56. The van der Waals surface area contributed by atoms with Gasteiger partial charge < -0.3 is 9.73 Å². The first-order valence-corrected chi connectivity index (χ1v) is 5.06. The molecular weight excluding hydrogens is 174 g/mol. The van der Waals surface area contributed by atoms with Gasteiger partial charge in [-0.05, 0) is 32.0 Å². The molecule has 0 unspecified atom stereocenters. The first-order chi connectivity index (χ1) is 6.84. The molecule has 0 radical (unpaired) electrons. The van der Waals surface area contributed by atoms with Crippen LogP contribution in [0.1, 0.15) is 16.9 Å². The number of aryl methyl sites for hydroxylation is 1. The number of hydrogen-bond acceptors (Lipinski definition) is 2. The second-order valence-electron chi connectivity index (χ2n) is 3.93. The molecule has 0 aliphatic carbocycles. The molecule has 14 heavy (non-hydrogen) atoms. The Kier molecular flexibility index (Phi) is 1.64. The van der Waals surface area contributed by atoms with Gasteiger partial charge in [-0.3, -0.25) is 0 Å². The molecule has 1 aromatic heterocycles. The molecule has 72 valence electrons. The number of nitrogens with one attached hydrogen (secondary N) is 1. The lowest BCUT2D eigenvalue weighted by Crippen LogP contribution is -2.22. The number of furan rings is 1. The molecule has 0 amide bonds. The highest BCUT2D eigenvalue weighted by Gasteiger charge is 2.16. The maximum atomic E-state index is 5.78. The summed E-state index contributed by atoms with van der Waals surface area (Å²) in [5, 5.41) is 4.63. The molecule has 1 N–H and O–H groups in total. The highest BCUT2D eigenvalue weighted by molar-refractivity contribution is 5.83. The van der Waals surface area contributed by atoms with Crippen molar-refractivity contribution in [3.8, 4) is 0 Å². The van der Waals surface area contributed by atoms with Gasteiger partial charge in [0, 0.05) is 10.9 Å². The van der Waals surface area contributed by atoms with Gasteiger partial charge in [-0.25, -0.2) is 0 Å². The average molecular weight is 187 g/mol. The van der Waals surface area contributed by atoms with Crippen molar-refractivity contribution in [1.29, 1.82) is 0 Å². The number of fused-ring (bicyclic) bond motifs is 3. The van der Waals surface area contributed by atoms with Crippen molar-refractivity contribution in [3.63, 3.8) is 0 Å². The fraction of sp³-hybridized carbons (Fsp3) is 0.333. The summed E-state index contributed by atoms with van der Waals surface area (Å²) in [6.45, 7) is 4.07. The molecular formula is C12H13NO. The Bertz CT molecular complexity index is 484. The minimum atomic E-state index is 0.878. The van der Waals surface area contributed by atoms with Crippen LogP contribution in [0.25, 0.3) is 11.0 Å². The quantitative estimate of drug-likeness (QED) is 0.685. The first kappa shape index (κ1) is 8.06. The van der Waals surface area contributed by atoms with Crippen molar-refractivity contribution in [1.82, 2.24) is 5.32 Å². The molecule has 3 rings (SSSR count). The largest absolute Gasteiger partial charge is 0.459 e. The van der Waals surface area contributed by atoms with Gasteiger partial charge in [-0.1, -0.05) is 11.6 Å². The normalized spacial score (nSPS) is 15.8. The van der Waals surface area contributed by atoms with E-state index in [1.54, 1.807) is 0 Å². The first-order valence-electron chi connectivity index (χ1n) is 5.06. The molecule has 1 aliphatic heterocycles. The van der Waals surface area contributed by atoms with Gasteiger partial charge in [0.2, 0.25) is 0 Å². The van der Waals surface area contributed by atoms with Crippen molar-refractivity contribution in [2.45, 2.75) is 19.9 Å². The molecule has 2 aromatic rings. The van der Waals surface area contributed by atoms with Crippen LogP contribution in [-0.4, -0.2) is 6.54 Å². The van der Waals surface area contributed by atoms with E-state index in [4.69, 9.17) is 4.42 Å². The second kappa shape index (κ2) is 2.85. The third-order valence-corrected chi connectivity index (χ3v) is 2.87. The van der Waals surface area contributed by atoms with Crippen molar-refractivity contribution in [3.05, 3.63) is 35.1 Å². The second-order valence-corrected chi connectivity index (χ2v) is 3.93. The van der Waals surface area contributed by atoms with Gasteiger partial charge in [0.05, 0.1) is 6.54 Å². The van der Waals surface area contributed by atoms with E-state index in [1.165, 1.54) is 16.5 Å². The van der Waals surface area contributed by atoms with Gasteiger partial charge >= 0.3 is 0 Å². The van der Waals surface area contributed by atoms with E-state index in [9.17, 15) is 0 Å². The highest BCUT2D eigenvalue weighted by atomic mass is 16.3. The summed E-state index contributed by atoms with van der Waals surface area (Å²) in [7, 11) is 0. The molecule has 1 aromatic carbocycles. The van der Waals surface area contributed by atoms with Crippen molar-refractivity contribution >= 4 is 11.0 Å². The van der Waals surface area contributed by atoms with E-state index in [-0.39, 0.29) is 0 Å². The van der Waals surface area contributed by atoms with E-state index in [0.29, 0.717) is 0 Å². The summed E-state index contributed by atoms with van der Waals surface area (Å²) in [5.74, 6) is 1.12. The fourth-order valence-electron chi connectivity index (χ4n) is 2.15. The molecule has 0 spiro atoms. The molecule has 0 saturated heterocycles. The smallest absolute Gasteiger partial charge is 0.134 e. The summed E-state index contributed by atoms with van der Waals surface area (Å²) in [4.78, 5) is 0. The van der Waals surface area contributed by atoms with Crippen LogP contribution in [0.4, 0.5) is 0 Å². The monoisotopic (exact) mass is 187 g/mol. The van der Waals surface area contributed by atoms with E-state index < -0.39 is 0 Å². The highest BCUT2D eigenvalue weighted by Crippen LogP contribution is 2.28. The lowest BCUT2D eigenvalue weighted by Gasteiger charge is -2.10. The summed E-state index contributed by atoms with van der Waals surface area (Å²) in [5.41, 5.74) is 3.74. The minimum Gasteiger partial charge on any atom is -0.459 e. The van der Waals surface area contributed by atoms with E-state index in [1.807, 2.05) is 0 Å². The molecule has 0 bridgehead atoms. The zero-order valence-corrected chi connectivity index (χ0v) is 8.26. The molecule has 0 saturated carbocycles. The Morgan fingerprint density at radius 1 is 1.36 bits per heavy atom. The maximum Gasteiger partial charge on any atom is 0.134 e. The molecule has 2 heterocycles. The van der Waals surface area contributed by atoms with Crippen LogP contribution in [0.5, 0.6) is 0 Å². The van der Waals surface area contributed by atoms with E-state index >= 15 is 0 Å². The van der Waals surface area contributed by atoms with Crippen molar-refractivity contribution in [2.24, 2.45) is 0 Å². The fourth-order valence-corrected chi connectivity index (χ4v) is 2.15. The number of benzene rings is 1. The summed E-state index contributed by atoms with van der Waals surface area (Å²) < 4.78 is 5.78. The Labute approximate surface area is 82.9 Å². The van der Waals surface area contributed by atoms with Crippen LogP contribution in [0.15, 0.2) is 22.6 Å². The van der Waals surface area contributed by atoms with Crippen LogP contribution >= 0.6 is 0 Å². The van der Waals surface area contributed by atoms with E-state index in [0.717, 1.165) is 30.9 Å². The van der Waals surface area contributed by atoms with Crippen LogP contribution in [0, 0.1) is 6.92 Å². The topological polar surface area (TPSA) is 25.2 Å². The van der Waals surface area contributed by atoms with Gasteiger partial charge in [-0.15, -0.1) is 0 Å². The van der Waals surface area contributed by atoms with Crippen molar-refractivity contribution < 1.29 is 4.42 Å². The Balaban J connectivity index is 2.32. The maximum absolute atomic E-state index is 5.78. The third kappa shape index (κ3) is 1.07. The van der Waals surface area contributed by atoms with Gasteiger partial charge in [0.15, 0.2) is 0 Å². The zero-order chi connectivity index (χ0) is 9.54. The number of rotatable bonds is 0. The Morgan fingerprint density at radius 2 is 2.29 bits per heavy atom. The summed E-state index contributed by atoms with van der Waals surface area (Å²) in [6, 6.07) is 6.40. The molecule has 1 aliphatic rings. The predicted octanol–water partition coefficient (Wildman–Crippen LogP) is 2.39. The van der Waals surface area contributed by atoms with E-state index in [2.05, 4.69) is 30.4 Å². The molecule has 0 atom stereocenters. The number of hydrogen-bond donors (Lipinski definition) is 1. The third-order valence-electron chi connectivity index (χ3n) is 2.87. The van der Waals surface area contributed by atoms with Crippen LogP contribution < -0.4 is 5.32 Å². The lowest BCUT2D eigenvalue weighted by molar-refractivity contribution is 0.488. The standard InChI is InChI=1S/C12H13NO/c1-8-2-3-11-10(6-8)9-4-5-13-7-12(9)14-11/h2-3,6,13H,4-5,7H2,1H3. The van der Waals surface area contributed by atoms with Crippen LogP contribution in [0.2, 0.25) is 0 Å². The van der Waals surface area contributed by atoms with Crippen LogP contribution in [-0.2, 0) is 13.0 Å². The van der Waals surface area contributed by atoms with Gasteiger partial charge in [-0.2, -0.15) is 0 Å². The molecule has 2 nitrogen and oxygen atoms in total. The molecule has 0 fully saturated rings. The predicted molar refractivity (Wildman–Crippen MR) is 56.4 cm³/mol. The summed E-state index contributed by atoms with van der Waals surface area (Å²) >= 11 is 0. The van der Waals surface area contributed by atoms with Gasteiger partial charge in [0.25, 0.3) is 0 Å². The minimum absolute atomic E-state index is 0.878. The zero-order valence-electron chi connectivity index (χ0n) is 8.26. The Morgan fingerprint density at radius 3 is 3.21 bits per heavy atom. The van der Waals surface area contributed by atoms with Gasteiger partial charge in [0.1, 0.15) is 11.3 Å². The SMILES string of the molecule is Cc1ccc2oc3c(c2c1)CCNC3. The Hall–Kier alpha value is -1.28. The summed E-state index contributed by atoms with van der Waals surface area (Å²) in [6.07, 6.45) is 1.09. The lowest BCUT2D eigenvalue weighted by atomic mass is 10.0. The van der Waals surface area contributed by atoms with Crippen LogP contribution in [0.3, 0.4) is 0 Å².